The fraction of sp³-hybridized carbons (Fsp3) is 0.375. The number of hydrogen-bond donors (Lipinski definition) is 2. The number of carbonyl (C=O) groups excluding carboxylic acids is 2. The van der Waals surface area contributed by atoms with Crippen LogP contribution < -0.4 is 14.4 Å². The van der Waals surface area contributed by atoms with Crippen LogP contribution in [0.1, 0.15) is 20.8 Å². The van der Waals surface area contributed by atoms with Gasteiger partial charge < -0.3 is 14.7 Å². The van der Waals surface area contributed by atoms with Crippen molar-refractivity contribution in [3.8, 4) is 5.75 Å². The van der Waals surface area contributed by atoms with Crippen LogP contribution in [0.15, 0.2) is 47.4 Å². The zero-order chi connectivity index (χ0) is 28.6. The highest BCUT2D eigenvalue weighted by molar-refractivity contribution is 8.01. The molecule has 0 radical (unpaired) electrons. The van der Waals surface area contributed by atoms with Gasteiger partial charge in [0.2, 0.25) is 5.54 Å². The molecule has 3 rings (SSSR count). The van der Waals surface area contributed by atoms with Crippen LogP contribution >= 0.6 is 35.0 Å². The zero-order valence-corrected chi connectivity index (χ0v) is 24.3. The molecule has 2 N–H and O–H groups in total. The molecule has 2 aromatic carbocycles. The molecule has 2 atom stereocenters. The van der Waals surface area contributed by atoms with Gasteiger partial charge in [-0.2, -0.15) is 0 Å². The number of aliphatic carboxylic acids is 1. The molecule has 1 fully saturated rings. The van der Waals surface area contributed by atoms with Crippen LogP contribution in [-0.2, 0) is 19.6 Å². The molecule has 38 heavy (non-hydrogen) atoms. The first-order valence-corrected chi connectivity index (χ1v) is 14.4. The highest BCUT2D eigenvalue weighted by Gasteiger charge is 2.56. The van der Waals surface area contributed by atoms with Crippen LogP contribution in [0.5, 0.6) is 5.75 Å². The third-order valence-corrected chi connectivity index (χ3v) is 9.94. The van der Waals surface area contributed by atoms with E-state index >= 15 is 0 Å². The molecular formula is C24H27Cl2N3O7S2. The van der Waals surface area contributed by atoms with Gasteiger partial charge in [-0.15, -0.1) is 11.8 Å². The summed E-state index contributed by atoms with van der Waals surface area (Å²) in [6.07, 6.45) is -0.671. The number of rotatable bonds is 8. The fourth-order valence-corrected chi connectivity index (χ4v) is 7.22. The number of benzene rings is 2. The molecule has 2 aromatic rings. The summed E-state index contributed by atoms with van der Waals surface area (Å²) in [6.45, 7) is 4.74. The molecule has 0 saturated carbocycles. The number of sulfonamides is 1. The molecule has 1 heterocycles. The highest BCUT2D eigenvalue weighted by atomic mass is 35.5. The Balaban J connectivity index is 2.20. The number of carboxylic acid groups (broad SMARTS) is 1. The Hall–Kier alpha value is -2.51. The monoisotopic (exact) mass is 603 g/mol. The predicted octanol–water partition coefficient (Wildman–Crippen LogP) is 4.10. The molecule has 0 aliphatic carbocycles. The van der Waals surface area contributed by atoms with E-state index in [1.165, 1.54) is 67.2 Å². The Kier molecular flexibility index (Phi) is 8.64. The van der Waals surface area contributed by atoms with Crippen molar-refractivity contribution >= 4 is 68.5 Å². The molecule has 1 saturated heterocycles. The Bertz CT molecular complexity index is 1370. The lowest BCUT2D eigenvalue weighted by Gasteiger charge is -2.38. The molecule has 206 valence electrons. The number of halogens is 2. The van der Waals surface area contributed by atoms with Crippen molar-refractivity contribution in [2.75, 3.05) is 24.2 Å². The molecule has 0 aromatic heterocycles. The number of anilines is 1. The quantitative estimate of drug-likeness (QED) is 0.427. The van der Waals surface area contributed by atoms with Gasteiger partial charge in [0.25, 0.3) is 10.0 Å². The first-order valence-electron chi connectivity index (χ1n) is 11.2. The van der Waals surface area contributed by atoms with E-state index in [0.29, 0.717) is 10.1 Å². The first kappa shape index (κ1) is 30.0. The van der Waals surface area contributed by atoms with Gasteiger partial charge in [-0.3, -0.25) is 10.1 Å². The number of carboxylic acids is 1. The van der Waals surface area contributed by atoms with Gasteiger partial charge in [-0.1, -0.05) is 23.2 Å². The van der Waals surface area contributed by atoms with Gasteiger partial charge in [0.05, 0.1) is 20.6 Å². The molecule has 0 spiro atoms. The van der Waals surface area contributed by atoms with Gasteiger partial charge in [0.1, 0.15) is 11.1 Å². The standard InChI is InChI=1S/C24H27Cl2N3O7S2/c1-23(2)13-37-20(27-23)19(30)24(3,21(31)32)29(38(34,35)16-10-11-17(25)18(26)12-16)14-6-8-15(9-7-14)36-22(33)28(4)5/h6-12,20,27H,13H2,1-5H3,(H,31,32)/t20-,24+/m0/s1. The lowest BCUT2D eigenvalue weighted by molar-refractivity contribution is -0.147. The Morgan fingerprint density at radius 2 is 1.71 bits per heavy atom. The van der Waals surface area contributed by atoms with E-state index in [1.807, 2.05) is 13.8 Å². The summed E-state index contributed by atoms with van der Waals surface area (Å²) < 4.78 is 33.8. The SMILES string of the molecule is CN(C)C(=O)Oc1ccc(N([C@@](C)(C(=O)O)C(=O)[C@H]2NC(C)(C)CS2)S(=O)(=O)c2ccc(Cl)c(Cl)c2)cc1. The fourth-order valence-electron chi connectivity index (χ4n) is 3.64. The largest absolute Gasteiger partial charge is 0.479 e. The smallest absolute Gasteiger partial charge is 0.414 e. The summed E-state index contributed by atoms with van der Waals surface area (Å²) in [5, 5.41) is 12.5. The third kappa shape index (κ3) is 5.89. The maximum absolute atomic E-state index is 14.0. The molecule has 10 nitrogen and oxygen atoms in total. The number of nitrogens with zero attached hydrogens (tertiary/aromatic N) is 2. The summed E-state index contributed by atoms with van der Waals surface area (Å²) in [4.78, 5) is 39.3. The maximum Gasteiger partial charge on any atom is 0.414 e. The number of carbonyl (C=O) groups is 3. The minimum Gasteiger partial charge on any atom is -0.479 e. The summed E-state index contributed by atoms with van der Waals surface area (Å²) in [7, 11) is -1.74. The molecule has 1 amide bonds. The number of hydrogen-bond acceptors (Lipinski definition) is 8. The molecule has 14 heteroatoms. The van der Waals surface area contributed by atoms with E-state index in [9.17, 15) is 27.9 Å². The topological polar surface area (TPSA) is 133 Å². The molecule has 0 bridgehead atoms. The number of amides is 1. The van der Waals surface area contributed by atoms with Gasteiger partial charge in [-0.25, -0.2) is 22.3 Å². The van der Waals surface area contributed by atoms with Crippen molar-refractivity contribution in [1.29, 1.82) is 0 Å². The van der Waals surface area contributed by atoms with Crippen molar-refractivity contribution in [2.45, 2.75) is 42.1 Å². The van der Waals surface area contributed by atoms with Crippen molar-refractivity contribution in [3.05, 3.63) is 52.5 Å². The van der Waals surface area contributed by atoms with Crippen LogP contribution in [0.2, 0.25) is 10.0 Å². The Morgan fingerprint density at radius 1 is 1.11 bits per heavy atom. The average molecular weight is 605 g/mol. The second-order valence-electron chi connectivity index (χ2n) is 9.56. The maximum atomic E-state index is 14.0. The van der Waals surface area contributed by atoms with Crippen LogP contribution in [0.3, 0.4) is 0 Å². The summed E-state index contributed by atoms with van der Waals surface area (Å²) in [5.74, 6) is -1.96. The van der Waals surface area contributed by atoms with Crippen molar-refractivity contribution < 1.29 is 32.6 Å². The van der Waals surface area contributed by atoms with E-state index in [2.05, 4.69) is 5.32 Å². The summed E-state index contributed by atoms with van der Waals surface area (Å²) in [5.41, 5.74) is -3.21. The van der Waals surface area contributed by atoms with Crippen LogP contribution in [0.25, 0.3) is 0 Å². The second kappa shape index (κ2) is 10.9. The zero-order valence-electron chi connectivity index (χ0n) is 21.2. The van der Waals surface area contributed by atoms with Gasteiger partial charge >= 0.3 is 12.1 Å². The lowest BCUT2D eigenvalue weighted by Crippen LogP contribution is -2.64. The lowest BCUT2D eigenvalue weighted by atomic mass is 9.94. The average Bonchev–Trinajstić information content (AvgIpc) is 3.20. The van der Waals surface area contributed by atoms with E-state index in [0.717, 1.165) is 13.0 Å². The van der Waals surface area contributed by atoms with Crippen molar-refractivity contribution in [1.82, 2.24) is 10.2 Å². The van der Waals surface area contributed by atoms with Crippen LogP contribution in [0, 0.1) is 0 Å². The normalized spacial score (nSPS) is 18.3. The third-order valence-electron chi connectivity index (χ3n) is 5.74. The van der Waals surface area contributed by atoms with Gasteiger partial charge in [0, 0.05) is 25.4 Å². The molecule has 1 aliphatic rings. The highest BCUT2D eigenvalue weighted by Crippen LogP contribution is 2.38. The van der Waals surface area contributed by atoms with Crippen molar-refractivity contribution in [2.24, 2.45) is 0 Å². The van der Waals surface area contributed by atoms with Gasteiger partial charge in [0.15, 0.2) is 5.78 Å². The molecule has 1 aliphatic heterocycles. The van der Waals surface area contributed by atoms with E-state index in [-0.39, 0.29) is 26.4 Å². The number of ether oxygens (including phenoxy) is 1. The number of Topliss-reactive ketones (excluding diaryl/α,β-unsaturated/α-hetero) is 1. The van der Waals surface area contributed by atoms with Crippen molar-refractivity contribution in [3.63, 3.8) is 0 Å². The minimum atomic E-state index is -4.71. The Morgan fingerprint density at radius 3 is 2.18 bits per heavy atom. The summed E-state index contributed by atoms with van der Waals surface area (Å²) >= 11 is 13.2. The van der Waals surface area contributed by atoms with Crippen LogP contribution in [-0.4, -0.2) is 72.6 Å². The molecular weight excluding hydrogens is 577 g/mol. The Labute approximate surface area is 235 Å². The number of nitrogens with one attached hydrogen (secondary N) is 1. The number of ketones is 1. The van der Waals surface area contributed by atoms with Crippen LogP contribution in [0.4, 0.5) is 10.5 Å². The first-order chi connectivity index (χ1) is 17.5. The van der Waals surface area contributed by atoms with E-state index in [4.69, 9.17) is 27.9 Å². The minimum absolute atomic E-state index is 0.0724. The predicted molar refractivity (Wildman–Crippen MR) is 147 cm³/mol. The summed E-state index contributed by atoms with van der Waals surface area (Å²) in [6, 6.07) is 8.61. The van der Waals surface area contributed by atoms with Gasteiger partial charge in [-0.05, 0) is 63.2 Å². The molecule has 0 unspecified atom stereocenters. The van der Waals surface area contributed by atoms with E-state index < -0.39 is 44.3 Å². The number of thioether (sulfide) groups is 1. The second-order valence-corrected chi connectivity index (χ2v) is 13.3. The van der Waals surface area contributed by atoms with E-state index in [1.54, 1.807) is 0 Å².